The molecule has 1 aromatic carbocycles. The summed E-state index contributed by atoms with van der Waals surface area (Å²) in [6, 6.07) is 7.18. The lowest BCUT2D eigenvalue weighted by Gasteiger charge is -2.04. The van der Waals surface area contributed by atoms with Crippen LogP contribution in [0.2, 0.25) is 0 Å². The van der Waals surface area contributed by atoms with Crippen LogP contribution in [0.5, 0.6) is 0 Å². The molecular weight excluding hydrogens is 281 g/mol. The van der Waals surface area contributed by atoms with E-state index in [-0.39, 0.29) is 0 Å². The smallest absolute Gasteiger partial charge is 0.356 e. The summed E-state index contributed by atoms with van der Waals surface area (Å²) in [6.45, 7) is 0.437. The van der Waals surface area contributed by atoms with E-state index in [9.17, 15) is 4.79 Å². The van der Waals surface area contributed by atoms with Crippen molar-refractivity contribution in [2.24, 2.45) is 0 Å². The lowest BCUT2D eigenvalue weighted by Crippen LogP contribution is -2.21. The summed E-state index contributed by atoms with van der Waals surface area (Å²) < 4.78 is 0. The van der Waals surface area contributed by atoms with Crippen molar-refractivity contribution in [2.75, 3.05) is 12.4 Å². The van der Waals surface area contributed by atoms with Crippen LogP contribution in [0, 0.1) is 0 Å². The zero-order valence-corrected chi connectivity index (χ0v) is 10.3. The normalized spacial score (nSPS) is 10.0. The highest BCUT2D eigenvalue weighted by molar-refractivity contribution is 9.08. The second kappa shape index (κ2) is 6.82. The Balaban J connectivity index is 2.50. The standard InChI is InChI=1S/C10H11BrClNO2/c11-7-8-1-3-9(4-2-8)10(14)15-13-6-5-12/h1-4,13H,5-7H2. The molecule has 5 heteroatoms. The van der Waals surface area contributed by atoms with Crippen LogP contribution >= 0.6 is 27.5 Å². The van der Waals surface area contributed by atoms with E-state index in [4.69, 9.17) is 16.4 Å². The third-order valence-electron chi connectivity index (χ3n) is 1.71. The van der Waals surface area contributed by atoms with Gasteiger partial charge in [0.05, 0.1) is 5.56 Å². The highest BCUT2D eigenvalue weighted by Crippen LogP contribution is 2.08. The Bertz CT molecular complexity index is 316. The molecule has 0 amide bonds. The van der Waals surface area contributed by atoms with Gasteiger partial charge in [0.15, 0.2) is 0 Å². The number of alkyl halides is 2. The van der Waals surface area contributed by atoms with Crippen LogP contribution in [0.25, 0.3) is 0 Å². The van der Waals surface area contributed by atoms with Gasteiger partial charge < -0.3 is 4.84 Å². The van der Waals surface area contributed by atoms with Crippen LogP contribution in [-0.4, -0.2) is 18.4 Å². The molecule has 0 fully saturated rings. The van der Waals surface area contributed by atoms with Crippen molar-refractivity contribution < 1.29 is 9.63 Å². The molecule has 0 heterocycles. The second-order valence-corrected chi connectivity index (χ2v) is 3.74. The van der Waals surface area contributed by atoms with Crippen molar-refractivity contribution >= 4 is 33.5 Å². The van der Waals surface area contributed by atoms with E-state index < -0.39 is 5.97 Å². The van der Waals surface area contributed by atoms with Crippen molar-refractivity contribution in [3.05, 3.63) is 35.4 Å². The number of carbonyl (C=O) groups is 1. The number of hydroxylamine groups is 1. The number of hydrogen-bond acceptors (Lipinski definition) is 3. The van der Waals surface area contributed by atoms with E-state index in [1.54, 1.807) is 12.1 Å². The van der Waals surface area contributed by atoms with Gasteiger partial charge in [-0.2, -0.15) is 5.48 Å². The lowest BCUT2D eigenvalue weighted by atomic mass is 10.2. The number of carbonyl (C=O) groups excluding carboxylic acids is 1. The van der Waals surface area contributed by atoms with Crippen LogP contribution in [0.1, 0.15) is 15.9 Å². The number of hydrogen-bond donors (Lipinski definition) is 1. The molecule has 15 heavy (non-hydrogen) atoms. The van der Waals surface area contributed by atoms with Gasteiger partial charge in [-0.05, 0) is 17.7 Å². The zero-order chi connectivity index (χ0) is 11.1. The highest BCUT2D eigenvalue weighted by Gasteiger charge is 2.06. The Kier molecular flexibility index (Phi) is 5.68. The van der Waals surface area contributed by atoms with E-state index in [0.717, 1.165) is 10.9 Å². The fraction of sp³-hybridized carbons (Fsp3) is 0.300. The third-order valence-corrected chi connectivity index (χ3v) is 2.54. The fourth-order valence-electron chi connectivity index (χ4n) is 0.944. The van der Waals surface area contributed by atoms with Gasteiger partial charge in [0.2, 0.25) is 0 Å². The van der Waals surface area contributed by atoms with Gasteiger partial charge in [0.1, 0.15) is 0 Å². The summed E-state index contributed by atoms with van der Waals surface area (Å²) in [5.41, 5.74) is 4.10. The van der Waals surface area contributed by atoms with Crippen molar-refractivity contribution in [1.29, 1.82) is 0 Å². The third kappa shape index (κ3) is 4.20. The molecular formula is C10H11BrClNO2. The number of rotatable bonds is 5. The first kappa shape index (κ1) is 12.5. The Hall–Kier alpha value is -0.580. The summed E-state index contributed by atoms with van der Waals surface area (Å²) in [6.07, 6.45) is 0. The summed E-state index contributed by atoms with van der Waals surface area (Å²) in [5, 5.41) is 0.771. The maximum absolute atomic E-state index is 11.4. The van der Waals surface area contributed by atoms with Gasteiger partial charge in [0, 0.05) is 17.8 Å². The molecule has 3 nitrogen and oxygen atoms in total. The SMILES string of the molecule is O=C(ONCCCl)c1ccc(CBr)cc1. The average Bonchev–Trinajstić information content (AvgIpc) is 2.29. The first-order valence-corrected chi connectivity index (χ1v) is 6.08. The van der Waals surface area contributed by atoms with Gasteiger partial charge in [-0.25, -0.2) is 4.79 Å². The van der Waals surface area contributed by atoms with E-state index >= 15 is 0 Å². The van der Waals surface area contributed by atoms with E-state index in [1.165, 1.54) is 0 Å². The molecule has 82 valence electrons. The minimum absolute atomic E-state index is 0.399. The molecule has 0 unspecified atom stereocenters. The quantitative estimate of drug-likeness (QED) is 0.515. The number of halogens is 2. The minimum atomic E-state index is -0.402. The molecule has 1 aromatic rings. The van der Waals surface area contributed by atoms with Crippen molar-refractivity contribution in [3.8, 4) is 0 Å². The molecule has 0 aliphatic rings. The molecule has 0 aromatic heterocycles. The van der Waals surface area contributed by atoms with Gasteiger partial charge in [-0.1, -0.05) is 28.1 Å². The van der Waals surface area contributed by atoms with Crippen LogP contribution in [0.4, 0.5) is 0 Å². The Morgan fingerprint density at radius 3 is 2.60 bits per heavy atom. The van der Waals surface area contributed by atoms with Gasteiger partial charge in [-0.3, -0.25) is 0 Å². The molecule has 0 atom stereocenters. The largest absolute Gasteiger partial charge is 0.367 e. The molecule has 0 radical (unpaired) electrons. The lowest BCUT2D eigenvalue weighted by molar-refractivity contribution is 0.0267. The highest BCUT2D eigenvalue weighted by atomic mass is 79.9. The topological polar surface area (TPSA) is 38.3 Å². The first-order chi connectivity index (χ1) is 7.27. The molecule has 0 saturated carbocycles. The van der Waals surface area contributed by atoms with E-state index in [1.807, 2.05) is 12.1 Å². The zero-order valence-electron chi connectivity index (χ0n) is 8.00. The monoisotopic (exact) mass is 291 g/mol. The summed E-state index contributed by atoms with van der Waals surface area (Å²) in [5.74, 6) is -0.00301. The van der Waals surface area contributed by atoms with Crippen LogP contribution in [0.3, 0.4) is 0 Å². The summed E-state index contributed by atoms with van der Waals surface area (Å²) >= 11 is 8.74. The first-order valence-electron chi connectivity index (χ1n) is 4.43. The van der Waals surface area contributed by atoms with E-state index in [0.29, 0.717) is 18.0 Å². The summed E-state index contributed by atoms with van der Waals surface area (Å²) in [4.78, 5) is 16.1. The second-order valence-electron chi connectivity index (χ2n) is 2.80. The van der Waals surface area contributed by atoms with Gasteiger partial charge >= 0.3 is 5.97 Å². The van der Waals surface area contributed by atoms with Crippen LogP contribution in [0.15, 0.2) is 24.3 Å². The van der Waals surface area contributed by atoms with Gasteiger partial charge in [0.25, 0.3) is 0 Å². The molecule has 0 bridgehead atoms. The van der Waals surface area contributed by atoms with Crippen LogP contribution < -0.4 is 5.48 Å². The average molecular weight is 293 g/mol. The van der Waals surface area contributed by atoms with Crippen molar-refractivity contribution in [3.63, 3.8) is 0 Å². The summed E-state index contributed by atoms with van der Waals surface area (Å²) in [7, 11) is 0. The predicted octanol–water partition coefficient (Wildman–Crippen LogP) is 2.48. The maximum Gasteiger partial charge on any atom is 0.356 e. The molecule has 1 N–H and O–H groups in total. The van der Waals surface area contributed by atoms with Crippen LogP contribution in [-0.2, 0) is 10.2 Å². The van der Waals surface area contributed by atoms with E-state index in [2.05, 4.69) is 21.4 Å². The molecule has 0 saturated heterocycles. The van der Waals surface area contributed by atoms with Crippen molar-refractivity contribution in [1.82, 2.24) is 5.48 Å². The molecule has 0 spiro atoms. The predicted molar refractivity (Wildman–Crippen MR) is 63.2 cm³/mol. The van der Waals surface area contributed by atoms with Crippen molar-refractivity contribution in [2.45, 2.75) is 5.33 Å². The molecule has 0 aliphatic carbocycles. The van der Waals surface area contributed by atoms with Gasteiger partial charge in [-0.15, -0.1) is 11.6 Å². The number of nitrogens with one attached hydrogen (secondary N) is 1. The Morgan fingerprint density at radius 2 is 2.07 bits per heavy atom. The maximum atomic E-state index is 11.4. The molecule has 1 rings (SSSR count). The Labute approximate surface area is 102 Å². The number of benzene rings is 1. The molecule has 0 aliphatic heterocycles. The fourth-order valence-corrected chi connectivity index (χ4v) is 1.39. The Morgan fingerprint density at radius 1 is 1.40 bits per heavy atom. The minimum Gasteiger partial charge on any atom is -0.367 e.